The molecule has 2 amide bonds. The predicted molar refractivity (Wildman–Crippen MR) is 152 cm³/mol. The number of aliphatic hydroxyl groups is 1. The maximum Gasteiger partial charge on any atom is 0.419 e. The van der Waals surface area contributed by atoms with Gasteiger partial charge in [-0.2, -0.15) is 0 Å². The lowest BCUT2D eigenvalue weighted by Gasteiger charge is -2.30. The molecule has 4 rings (SSSR count). The van der Waals surface area contributed by atoms with Gasteiger partial charge in [0.25, 0.3) is 0 Å². The molecule has 1 aromatic heterocycles. The smallest absolute Gasteiger partial charge is 0.419 e. The van der Waals surface area contributed by atoms with E-state index >= 15 is 0 Å². The Morgan fingerprint density at radius 2 is 1.76 bits per heavy atom. The predicted octanol–water partition coefficient (Wildman–Crippen LogP) is 2.93. The third kappa shape index (κ3) is 8.08. The number of carbonyl (C=O) groups excluding carboxylic acids is 3. The van der Waals surface area contributed by atoms with Crippen molar-refractivity contribution in [1.29, 1.82) is 0 Å². The van der Waals surface area contributed by atoms with Gasteiger partial charge in [-0.15, -0.1) is 0 Å². The minimum absolute atomic E-state index is 0.00608. The van der Waals surface area contributed by atoms with E-state index in [4.69, 9.17) is 9.47 Å². The Kier molecular flexibility index (Phi) is 9.03. The number of benzene rings is 2. The molecule has 12 heteroatoms. The van der Waals surface area contributed by atoms with E-state index in [1.165, 1.54) is 4.57 Å². The fraction of sp³-hybridized carbons (Fsp3) is 0.414. The lowest BCUT2D eigenvalue weighted by molar-refractivity contribution is -0.124. The zero-order valence-corrected chi connectivity index (χ0v) is 24.0. The van der Waals surface area contributed by atoms with E-state index in [1.807, 2.05) is 6.07 Å². The Hall–Kier alpha value is -3.90. The Morgan fingerprint density at radius 1 is 1.07 bits per heavy atom. The SMILES string of the molecule is CC(C)(C)OC(=O)n1cc(C[C@H](NC(=O)OCc2ccccc2)C(=O)N[C@@H]2CS(=O)(=O)CC[C@@H]2O)c2ccccc21. The fourth-order valence-electron chi connectivity index (χ4n) is 4.60. The molecular formula is C29H35N3O8S. The number of ether oxygens (including phenoxy) is 2. The summed E-state index contributed by atoms with van der Waals surface area (Å²) in [6.45, 7) is 5.23. The summed E-state index contributed by atoms with van der Waals surface area (Å²) in [5.41, 5.74) is 1.12. The molecule has 1 aliphatic rings. The molecule has 3 atom stereocenters. The van der Waals surface area contributed by atoms with E-state index in [1.54, 1.807) is 75.5 Å². The summed E-state index contributed by atoms with van der Waals surface area (Å²) in [7, 11) is -3.45. The Bertz CT molecular complexity index is 1510. The number of para-hydroxylation sites is 1. The summed E-state index contributed by atoms with van der Waals surface area (Å²) >= 11 is 0. The van der Waals surface area contributed by atoms with Gasteiger partial charge in [0.2, 0.25) is 5.91 Å². The number of aromatic nitrogens is 1. The Balaban J connectivity index is 1.59. The number of fused-ring (bicyclic) bond motifs is 1. The van der Waals surface area contributed by atoms with Crippen LogP contribution in [0.2, 0.25) is 0 Å². The van der Waals surface area contributed by atoms with Crippen molar-refractivity contribution in [3.05, 3.63) is 71.9 Å². The van der Waals surface area contributed by atoms with Crippen LogP contribution in [0.4, 0.5) is 9.59 Å². The van der Waals surface area contributed by atoms with Crippen molar-refractivity contribution < 1.29 is 37.4 Å². The van der Waals surface area contributed by atoms with Gasteiger partial charge in [-0.3, -0.25) is 9.36 Å². The minimum atomic E-state index is -3.45. The highest BCUT2D eigenvalue weighted by molar-refractivity contribution is 7.91. The molecule has 0 bridgehead atoms. The largest absolute Gasteiger partial charge is 0.445 e. The number of carbonyl (C=O) groups is 3. The molecule has 1 aliphatic heterocycles. The zero-order chi connectivity index (χ0) is 29.8. The minimum Gasteiger partial charge on any atom is -0.445 e. The lowest BCUT2D eigenvalue weighted by atomic mass is 10.0. The summed E-state index contributed by atoms with van der Waals surface area (Å²) in [5.74, 6) is -1.28. The number of nitrogens with zero attached hydrogens (tertiary/aromatic N) is 1. The van der Waals surface area contributed by atoms with Crippen LogP contribution in [0.1, 0.15) is 38.3 Å². The monoisotopic (exact) mass is 585 g/mol. The summed E-state index contributed by atoms with van der Waals surface area (Å²) in [4.78, 5) is 39.2. The highest BCUT2D eigenvalue weighted by atomic mass is 32.2. The number of sulfone groups is 1. The third-order valence-corrected chi connectivity index (χ3v) is 8.30. The van der Waals surface area contributed by atoms with Crippen LogP contribution in [-0.2, 0) is 37.1 Å². The van der Waals surface area contributed by atoms with Crippen molar-refractivity contribution in [3.8, 4) is 0 Å². The van der Waals surface area contributed by atoms with Crippen LogP contribution in [0.25, 0.3) is 10.9 Å². The molecule has 11 nitrogen and oxygen atoms in total. The molecule has 41 heavy (non-hydrogen) atoms. The topological polar surface area (TPSA) is 153 Å². The van der Waals surface area contributed by atoms with Crippen LogP contribution < -0.4 is 10.6 Å². The van der Waals surface area contributed by atoms with Gasteiger partial charge < -0.3 is 25.2 Å². The third-order valence-electron chi connectivity index (χ3n) is 6.58. The number of rotatable bonds is 7. The van der Waals surface area contributed by atoms with Crippen molar-refractivity contribution >= 4 is 38.8 Å². The highest BCUT2D eigenvalue weighted by Gasteiger charge is 2.35. The van der Waals surface area contributed by atoms with E-state index in [9.17, 15) is 27.9 Å². The molecule has 0 radical (unpaired) electrons. The quantitative estimate of drug-likeness (QED) is 0.383. The standard InChI is InChI=1S/C29H35N3O8S/c1-29(2,3)40-28(36)32-16-20(21-11-7-8-12-24(21)32)15-22(31-27(35)39-17-19-9-5-4-6-10-19)26(34)30-23-18-41(37,38)14-13-25(23)33/h4-12,16,22-23,25,33H,13-15,17-18H2,1-3H3,(H,30,34)(H,31,35)/t22-,23+,25-/m0/s1. The first-order valence-electron chi connectivity index (χ1n) is 13.3. The van der Waals surface area contributed by atoms with E-state index in [2.05, 4.69) is 10.6 Å². The van der Waals surface area contributed by atoms with Crippen LogP contribution in [0, 0.1) is 0 Å². The number of aliphatic hydroxyl groups excluding tert-OH is 1. The van der Waals surface area contributed by atoms with Crippen LogP contribution in [0.15, 0.2) is 60.8 Å². The molecule has 0 unspecified atom stereocenters. The molecule has 3 N–H and O–H groups in total. The average Bonchev–Trinajstić information content (AvgIpc) is 3.27. The van der Waals surface area contributed by atoms with Crippen LogP contribution in [-0.4, -0.2) is 71.5 Å². The first-order valence-corrected chi connectivity index (χ1v) is 15.1. The highest BCUT2D eigenvalue weighted by Crippen LogP contribution is 2.24. The summed E-state index contributed by atoms with van der Waals surface area (Å²) in [5, 5.41) is 16.2. The van der Waals surface area contributed by atoms with Gasteiger partial charge >= 0.3 is 12.2 Å². The van der Waals surface area contributed by atoms with E-state index < -0.39 is 57.5 Å². The van der Waals surface area contributed by atoms with Gasteiger partial charge in [-0.1, -0.05) is 48.5 Å². The first kappa shape index (κ1) is 30.1. The molecule has 0 spiro atoms. The van der Waals surface area contributed by atoms with Gasteiger partial charge in [0.1, 0.15) is 18.2 Å². The second-order valence-electron chi connectivity index (χ2n) is 11.1. The molecule has 3 aromatic rings. The lowest BCUT2D eigenvalue weighted by Crippen LogP contribution is -2.57. The summed E-state index contributed by atoms with van der Waals surface area (Å²) < 4.78 is 36.5. The second-order valence-corrected chi connectivity index (χ2v) is 13.3. The molecule has 220 valence electrons. The second kappa shape index (κ2) is 12.3. The van der Waals surface area contributed by atoms with Gasteiger partial charge in [0.15, 0.2) is 9.84 Å². The normalized spacial score (nSPS) is 19.2. The van der Waals surface area contributed by atoms with E-state index in [-0.39, 0.29) is 25.2 Å². The Morgan fingerprint density at radius 3 is 2.46 bits per heavy atom. The number of alkyl carbamates (subject to hydrolysis) is 1. The van der Waals surface area contributed by atoms with Crippen molar-refractivity contribution in [2.45, 2.75) is 64.0 Å². The van der Waals surface area contributed by atoms with Gasteiger partial charge in [-0.05, 0) is 44.4 Å². The van der Waals surface area contributed by atoms with Crippen LogP contribution in [0.3, 0.4) is 0 Å². The molecule has 1 fully saturated rings. The van der Waals surface area contributed by atoms with E-state index in [0.29, 0.717) is 16.5 Å². The number of nitrogens with one attached hydrogen (secondary N) is 2. The number of amides is 2. The zero-order valence-electron chi connectivity index (χ0n) is 23.2. The molecular weight excluding hydrogens is 550 g/mol. The first-order chi connectivity index (χ1) is 19.3. The van der Waals surface area contributed by atoms with Gasteiger partial charge in [0.05, 0.1) is 29.2 Å². The van der Waals surface area contributed by atoms with Gasteiger partial charge in [-0.25, -0.2) is 18.0 Å². The number of hydrogen-bond donors (Lipinski definition) is 3. The van der Waals surface area contributed by atoms with Crippen molar-refractivity contribution in [2.24, 2.45) is 0 Å². The average molecular weight is 586 g/mol. The molecule has 2 aromatic carbocycles. The van der Waals surface area contributed by atoms with Crippen molar-refractivity contribution in [1.82, 2.24) is 15.2 Å². The summed E-state index contributed by atoms with van der Waals surface area (Å²) in [6, 6.07) is 13.8. The van der Waals surface area contributed by atoms with Crippen LogP contribution >= 0.6 is 0 Å². The van der Waals surface area contributed by atoms with Crippen molar-refractivity contribution in [2.75, 3.05) is 11.5 Å². The maximum absolute atomic E-state index is 13.5. The van der Waals surface area contributed by atoms with Crippen molar-refractivity contribution in [3.63, 3.8) is 0 Å². The van der Waals surface area contributed by atoms with E-state index in [0.717, 1.165) is 5.56 Å². The molecule has 2 heterocycles. The molecule has 0 saturated carbocycles. The molecule has 1 saturated heterocycles. The van der Waals surface area contributed by atoms with Gasteiger partial charge in [0, 0.05) is 18.0 Å². The molecule has 0 aliphatic carbocycles. The summed E-state index contributed by atoms with van der Waals surface area (Å²) in [6.07, 6.45) is -1.03. The maximum atomic E-state index is 13.5. The number of hydrogen-bond acceptors (Lipinski definition) is 8. The fourth-order valence-corrected chi connectivity index (χ4v) is 6.22. The van der Waals surface area contributed by atoms with Crippen LogP contribution in [0.5, 0.6) is 0 Å². The Labute approximate surface area is 238 Å².